The molecule has 4 N–H and O–H groups in total. The van der Waals surface area contributed by atoms with Crippen molar-refractivity contribution in [1.29, 1.82) is 0 Å². The Hall–Kier alpha value is -2.77. The Bertz CT molecular complexity index is 935. The SMILES string of the molecule is CC(CNC(=O)OC(C)(C)C)c1cccc(C(O)c2cc(OC3CCCCO3)ccc2N)c1. The number of carbonyl (C=O) groups is 1. The number of aliphatic hydroxyl groups is 1. The third kappa shape index (κ3) is 7.37. The zero-order chi connectivity index (χ0) is 24.0. The fourth-order valence-electron chi connectivity index (χ4n) is 3.70. The molecule has 33 heavy (non-hydrogen) atoms. The molecular weight excluding hydrogens is 420 g/mol. The minimum atomic E-state index is -0.910. The Labute approximate surface area is 196 Å². The Kier molecular flexibility index (Phi) is 8.21. The first kappa shape index (κ1) is 24.9. The Morgan fingerprint density at radius 3 is 2.67 bits per heavy atom. The van der Waals surface area contributed by atoms with Crippen LogP contribution in [0.3, 0.4) is 0 Å². The van der Waals surface area contributed by atoms with Gasteiger partial charge >= 0.3 is 6.09 Å². The summed E-state index contributed by atoms with van der Waals surface area (Å²) in [5, 5.41) is 13.9. The molecule has 7 heteroatoms. The van der Waals surface area contributed by atoms with Gasteiger partial charge in [-0.05, 0) is 68.9 Å². The Morgan fingerprint density at radius 1 is 1.21 bits per heavy atom. The molecule has 0 aliphatic carbocycles. The van der Waals surface area contributed by atoms with Crippen molar-refractivity contribution in [3.8, 4) is 5.75 Å². The number of amides is 1. The van der Waals surface area contributed by atoms with Crippen LogP contribution in [0.4, 0.5) is 10.5 Å². The van der Waals surface area contributed by atoms with Gasteiger partial charge in [-0.2, -0.15) is 0 Å². The first-order valence-electron chi connectivity index (χ1n) is 11.5. The summed E-state index contributed by atoms with van der Waals surface area (Å²) in [6, 6.07) is 13.0. The highest BCUT2D eigenvalue weighted by Gasteiger charge is 2.20. The summed E-state index contributed by atoms with van der Waals surface area (Å²) in [6.45, 7) is 8.61. The largest absolute Gasteiger partial charge is 0.465 e. The van der Waals surface area contributed by atoms with Crippen LogP contribution in [-0.2, 0) is 9.47 Å². The molecule has 0 radical (unpaired) electrons. The van der Waals surface area contributed by atoms with Gasteiger partial charge in [0.2, 0.25) is 0 Å². The number of aliphatic hydroxyl groups excluding tert-OH is 1. The molecule has 7 nitrogen and oxygen atoms in total. The van der Waals surface area contributed by atoms with E-state index in [-0.39, 0.29) is 12.2 Å². The van der Waals surface area contributed by atoms with E-state index >= 15 is 0 Å². The highest BCUT2D eigenvalue weighted by molar-refractivity contribution is 5.67. The van der Waals surface area contributed by atoms with Crippen LogP contribution in [0.1, 0.15) is 75.7 Å². The number of hydrogen-bond donors (Lipinski definition) is 3. The van der Waals surface area contributed by atoms with Gasteiger partial charge in [-0.3, -0.25) is 0 Å². The molecule has 0 aromatic heterocycles. The number of nitrogens with two attached hydrogens (primary N) is 1. The van der Waals surface area contributed by atoms with Crippen LogP contribution in [0, 0.1) is 0 Å². The summed E-state index contributed by atoms with van der Waals surface area (Å²) in [6.07, 6.45) is 1.34. The quantitative estimate of drug-likeness (QED) is 0.513. The topological polar surface area (TPSA) is 103 Å². The predicted octanol–water partition coefficient (Wildman–Crippen LogP) is 4.88. The molecule has 2 aromatic rings. The van der Waals surface area contributed by atoms with Crippen molar-refractivity contribution >= 4 is 11.8 Å². The molecule has 1 saturated heterocycles. The van der Waals surface area contributed by atoms with Gasteiger partial charge in [0.25, 0.3) is 0 Å². The van der Waals surface area contributed by atoms with E-state index in [4.69, 9.17) is 19.9 Å². The average Bonchev–Trinajstić information content (AvgIpc) is 2.78. The number of hydrogen-bond acceptors (Lipinski definition) is 6. The average molecular weight is 457 g/mol. The maximum atomic E-state index is 12.0. The number of nitrogen functional groups attached to an aromatic ring is 1. The van der Waals surface area contributed by atoms with Gasteiger partial charge in [-0.15, -0.1) is 0 Å². The first-order chi connectivity index (χ1) is 15.6. The van der Waals surface area contributed by atoms with Gasteiger partial charge in [-0.1, -0.05) is 31.2 Å². The third-order valence-electron chi connectivity index (χ3n) is 5.51. The fraction of sp³-hybridized carbons (Fsp3) is 0.500. The lowest BCUT2D eigenvalue weighted by molar-refractivity contribution is -0.105. The number of carbonyl (C=O) groups excluding carboxylic acids is 1. The lowest BCUT2D eigenvalue weighted by atomic mass is 9.94. The van der Waals surface area contributed by atoms with Crippen LogP contribution in [0.15, 0.2) is 42.5 Å². The molecule has 1 aliphatic heterocycles. The van der Waals surface area contributed by atoms with Crippen LogP contribution in [0.25, 0.3) is 0 Å². The minimum absolute atomic E-state index is 0.0279. The zero-order valence-electron chi connectivity index (χ0n) is 20.0. The normalized spacial score (nSPS) is 18.3. The molecule has 1 heterocycles. The van der Waals surface area contributed by atoms with Gasteiger partial charge in [0.05, 0.1) is 6.61 Å². The smallest absolute Gasteiger partial charge is 0.407 e. The van der Waals surface area contributed by atoms with Gasteiger partial charge in [0, 0.05) is 24.2 Å². The summed E-state index contributed by atoms with van der Waals surface area (Å²) >= 11 is 0. The lowest BCUT2D eigenvalue weighted by Crippen LogP contribution is -2.34. The number of alkyl carbamates (subject to hydrolysis) is 1. The molecule has 0 spiro atoms. The van der Waals surface area contributed by atoms with E-state index in [0.29, 0.717) is 30.2 Å². The molecule has 0 bridgehead atoms. The lowest BCUT2D eigenvalue weighted by Gasteiger charge is -2.24. The molecule has 1 amide bonds. The maximum Gasteiger partial charge on any atom is 0.407 e. The minimum Gasteiger partial charge on any atom is -0.465 e. The highest BCUT2D eigenvalue weighted by Crippen LogP contribution is 2.32. The predicted molar refractivity (Wildman–Crippen MR) is 128 cm³/mol. The summed E-state index contributed by atoms with van der Waals surface area (Å²) in [4.78, 5) is 12.0. The van der Waals surface area contributed by atoms with E-state index in [9.17, 15) is 9.90 Å². The summed E-state index contributed by atoms with van der Waals surface area (Å²) in [5.41, 5.74) is 8.42. The molecule has 1 fully saturated rings. The van der Waals surface area contributed by atoms with Crippen molar-refractivity contribution in [2.45, 2.75) is 70.9 Å². The van der Waals surface area contributed by atoms with Crippen LogP contribution >= 0.6 is 0 Å². The Morgan fingerprint density at radius 2 is 1.97 bits per heavy atom. The van der Waals surface area contributed by atoms with Crippen LogP contribution in [0.5, 0.6) is 5.75 Å². The maximum absolute atomic E-state index is 12.0. The van der Waals surface area contributed by atoms with Crippen LogP contribution in [0.2, 0.25) is 0 Å². The standard InChI is InChI=1S/C26H36N2O5/c1-17(16-28-25(30)33-26(2,3)4)18-8-7-9-19(14-18)24(29)21-15-20(11-12-22(21)27)32-23-10-5-6-13-31-23/h7-9,11-12,14-15,17,23-24,29H,5-6,10,13,16,27H2,1-4H3,(H,28,30). The zero-order valence-corrected chi connectivity index (χ0v) is 20.0. The highest BCUT2D eigenvalue weighted by atomic mass is 16.7. The van der Waals surface area contributed by atoms with Crippen molar-refractivity contribution in [3.63, 3.8) is 0 Å². The molecule has 180 valence electrons. The van der Waals surface area contributed by atoms with Gasteiger partial charge in [0.1, 0.15) is 17.5 Å². The third-order valence-corrected chi connectivity index (χ3v) is 5.51. The summed E-state index contributed by atoms with van der Waals surface area (Å²) < 4.78 is 16.9. The molecular formula is C26H36N2O5. The van der Waals surface area contributed by atoms with Crippen molar-refractivity contribution in [1.82, 2.24) is 5.32 Å². The van der Waals surface area contributed by atoms with E-state index < -0.39 is 17.8 Å². The van der Waals surface area contributed by atoms with E-state index in [2.05, 4.69) is 5.32 Å². The van der Waals surface area contributed by atoms with Crippen molar-refractivity contribution < 1.29 is 24.1 Å². The van der Waals surface area contributed by atoms with Crippen LogP contribution in [-0.4, -0.2) is 36.2 Å². The number of benzene rings is 2. The monoisotopic (exact) mass is 456 g/mol. The number of anilines is 1. The molecule has 2 aromatic carbocycles. The number of rotatable bonds is 7. The fourth-order valence-corrected chi connectivity index (χ4v) is 3.70. The van der Waals surface area contributed by atoms with Crippen molar-refractivity contribution in [2.75, 3.05) is 18.9 Å². The Balaban J connectivity index is 1.69. The van der Waals surface area contributed by atoms with E-state index in [0.717, 1.165) is 30.4 Å². The number of ether oxygens (including phenoxy) is 3. The van der Waals surface area contributed by atoms with Crippen molar-refractivity contribution in [3.05, 3.63) is 59.2 Å². The number of nitrogens with one attached hydrogen (secondary N) is 1. The van der Waals surface area contributed by atoms with E-state index in [1.165, 1.54) is 0 Å². The molecule has 1 aliphatic rings. The van der Waals surface area contributed by atoms with Gasteiger partial charge < -0.3 is 30.4 Å². The van der Waals surface area contributed by atoms with E-state index in [1.54, 1.807) is 18.2 Å². The van der Waals surface area contributed by atoms with Crippen molar-refractivity contribution in [2.24, 2.45) is 0 Å². The first-order valence-corrected chi connectivity index (χ1v) is 11.5. The van der Waals surface area contributed by atoms with Gasteiger partial charge in [0.15, 0.2) is 6.29 Å². The van der Waals surface area contributed by atoms with E-state index in [1.807, 2.05) is 52.0 Å². The molecule has 3 atom stereocenters. The summed E-state index contributed by atoms with van der Waals surface area (Å²) in [7, 11) is 0. The molecule has 0 saturated carbocycles. The molecule has 3 unspecified atom stereocenters. The molecule has 3 rings (SSSR count). The summed E-state index contributed by atoms with van der Waals surface area (Å²) in [5.74, 6) is 0.649. The van der Waals surface area contributed by atoms with Gasteiger partial charge in [-0.25, -0.2) is 4.79 Å². The second-order valence-electron chi connectivity index (χ2n) is 9.56. The second-order valence-corrected chi connectivity index (χ2v) is 9.56. The second kappa shape index (κ2) is 10.9. The van der Waals surface area contributed by atoms with Crippen LogP contribution < -0.4 is 15.8 Å².